The summed E-state index contributed by atoms with van der Waals surface area (Å²) in [5.74, 6) is 0.414. The molecular formula is C18H29N3O2. The third-order valence-electron chi connectivity index (χ3n) is 4.82. The van der Waals surface area contributed by atoms with Crippen molar-refractivity contribution in [3.05, 3.63) is 30.1 Å². The summed E-state index contributed by atoms with van der Waals surface area (Å²) in [4.78, 5) is 21.3. The fourth-order valence-electron chi connectivity index (χ4n) is 3.37. The highest BCUT2D eigenvalue weighted by atomic mass is 16.5. The summed E-state index contributed by atoms with van der Waals surface area (Å²) in [6, 6.07) is 4.10. The number of rotatable bonds is 7. The average Bonchev–Trinajstić information content (AvgIpc) is 2.61. The molecule has 0 saturated carbocycles. The van der Waals surface area contributed by atoms with Gasteiger partial charge in [0, 0.05) is 39.0 Å². The van der Waals surface area contributed by atoms with E-state index < -0.39 is 0 Å². The number of carbonyl (C=O) groups excluding carboxylic acids is 1. The van der Waals surface area contributed by atoms with Gasteiger partial charge < -0.3 is 14.5 Å². The Labute approximate surface area is 139 Å². The summed E-state index contributed by atoms with van der Waals surface area (Å²) in [5, 5.41) is 0. The van der Waals surface area contributed by atoms with Crippen molar-refractivity contribution in [3.63, 3.8) is 0 Å². The molecule has 0 bridgehead atoms. The zero-order valence-corrected chi connectivity index (χ0v) is 14.6. The third-order valence-corrected chi connectivity index (χ3v) is 4.82. The van der Waals surface area contributed by atoms with Gasteiger partial charge in [-0.25, -0.2) is 0 Å². The first kappa shape index (κ1) is 17.9. The summed E-state index contributed by atoms with van der Waals surface area (Å²) >= 11 is 0. The van der Waals surface area contributed by atoms with Gasteiger partial charge in [-0.2, -0.15) is 0 Å². The first-order valence-electron chi connectivity index (χ1n) is 8.55. The molecular weight excluding hydrogens is 290 g/mol. The van der Waals surface area contributed by atoms with Crippen LogP contribution in [0.15, 0.2) is 24.5 Å². The molecule has 23 heavy (non-hydrogen) atoms. The minimum absolute atomic E-state index is 0.114. The number of aromatic nitrogens is 1. The number of hydrogen-bond donors (Lipinski definition) is 0. The van der Waals surface area contributed by atoms with Gasteiger partial charge >= 0.3 is 0 Å². The fourth-order valence-corrected chi connectivity index (χ4v) is 3.37. The molecule has 5 heteroatoms. The molecule has 1 aliphatic rings. The van der Waals surface area contributed by atoms with E-state index in [0.29, 0.717) is 0 Å². The Morgan fingerprint density at radius 1 is 1.48 bits per heavy atom. The van der Waals surface area contributed by atoms with E-state index in [4.69, 9.17) is 4.74 Å². The van der Waals surface area contributed by atoms with Crippen molar-refractivity contribution < 1.29 is 9.53 Å². The lowest BCUT2D eigenvalue weighted by atomic mass is 9.94. The van der Waals surface area contributed by atoms with Gasteiger partial charge in [-0.05, 0) is 44.0 Å². The van der Waals surface area contributed by atoms with Crippen molar-refractivity contribution in [3.8, 4) is 0 Å². The van der Waals surface area contributed by atoms with Gasteiger partial charge in [0.25, 0.3) is 0 Å². The van der Waals surface area contributed by atoms with Crippen LogP contribution in [0.2, 0.25) is 0 Å². The quantitative estimate of drug-likeness (QED) is 0.774. The molecule has 1 aliphatic heterocycles. The predicted octanol–water partition coefficient (Wildman–Crippen LogP) is 2.35. The SMILES string of the molecule is CC[C@H](c1cccnc1)N(C)C(=O)C1CCN(CCOC)CC1. The van der Waals surface area contributed by atoms with Crippen LogP contribution in [0.5, 0.6) is 0 Å². The molecule has 0 N–H and O–H groups in total. The zero-order valence-electron chi connectivity index (χ0n) is 14.6. The van der Waals surface area contributed by atoms with E-state index in [2.05, 4.69) is 22.9 Å². The van der Waals surface area contributed by atoms with Crippen molar-refractivity contribution in [2.45, 2.75) is 32.2 Å². The topological polar surface area (TPSA) is 45.7 Å². The monoisotopic (exact) mass is 319 g/mol. The maximum atomic E-state index is 12.9. The highest BCUT2D eigenvalue weighted by molar-refractivity contribution is 5.79. The number of amides is 1. The Kier molecular flexibility index (Phi) is 6.99. The molecule has 1 saturated heterocycles. The van der Waals surface area contributed by atoms with Crippen LogP contribution in [0.25, 0.3) is 0 Å². The molecule has 0 aromatic carbocycles. The standard InChI is InChI=1S/C18H29N3O2/c1-4-17(16-6-5-9-19-14-16)20(2)18(22)15-7-10-21(11-8-15)12-13-23-3/h5-6,9,14-15,17H,4,7-8,10-13H2,1-3H3/t17-/m1/s1. The number of pyridine rings is 1. The summed E-state index contributed by atoms with van der Waals surface area (Å²) in [5.41, 5.74) is 1.11. The van der Waals surface area contributed by atoms with Crippen LogP contribution in [0.4, 0.5) is 0 Å². The molecule has 2 rings (SSSR count). The maximum absolute atomic E-state index is 12.9. The summed E-state index contributed by atoms with van der Waals surface area (Å²) in [6.45, 7) is 5.81. The number of methoxy groups -OCH3 is 1. The molecule has 2 heterocycles. The maximum Gasteiger partial charge on any atom is 0.226 e. The van der Waals surface area contributed by atoms with Crippen LogP contribution in [0.1, 0.15) is 37.8 Å². The first-order chi connectivity index (χ1) is 11.2. The molecule has 1 aromatic rings. The number of piperidine rings is 1. The van der Waals surface area contributed by atoms with E-state index >= 15 is 0 Å². The minimum Gasteiger partial charge on any atom is -0.383 e. The molecule has 1 fully saturated rings. The van der Waals surface area contributed by atoms with Gasteiger partial charge in [-0.3, -0.25) is 9.78 Å². The van der Waals surface area contributed by atoms with Gasteiger partial charge in [0.1, 0.15) is 0 Å². The van der Waals surface area contributed by atoms with Crippen LogP contribution in [0.3, 0.4) is 0 Å². The second kappa shape index (κ2) is 8.99. The summed E-state index contributed by atoms with van der Waals surface area (Å²) in [7, 11) is 3.66. The van der Waals surface area contributed by atoms with Gasteiger partial charge in [-0.1, -0.05) is 13.0 Å². The Balaban J connectivity index is 1.92. The molecule has 1 amide bonds. The van der Waals surface area contributed by atoms with Crippen LogP contribution >= 0.6 is 0 Å². The van der Waals surface area contributed by atoms with E-state index in [1.165, 1.54) is 0 Å². The predicted molar refractivity (Wildman–Crippen MR) is 91.1 cm³/mol. The average molecular weight is 319 g/mol. The van der Waals surface area contributed by atoms with Crippen molar-refractivity contribution >= 4 is 5.91 Å². The highest BCUT2D eigenvalue weighted by Gasteiger charge is 2.30. The lowest BCUT2D eigenvalue weighted by molar-refractivity contribution is -0.138. The second-order valence-electron chi connectivity index (χ2n) is 6.27. The second-order valence-corrected chi connectivity index (χ2v) is 6.27. The van der Waals surface area contributed by atoms with Gasteiger partial charge in [0.05, 0.1) is 12.6 Å². The van der Waals surface area contributed by atoms with Crippen molar-refractivity contribution in [2.24, 2.45) is 5.92 Å². The number of hydrogen-bond acceptors (Lipinski definition) is 4. The van der Waals surface area contributed by atoms with E-state index in [-0.39, 0.29) is 17.9 Å². The molecule has 5 nitrogen and oxygen atoms in total. The molecule has 128 valence electrons. The van der Waals surface area contributed by atoms with Crippen LogP contribution in [-0.2, 0) is 9.53 Å². The summed E-state index contributed by atoms with van der Waals surface area (Å²) < 4.78 is 5.13. The smallest absolute Gasteiger partial charge is 0.226 e. The van der Waals surface area contributed by atoms with Crippen molar-refractivity contribution in [1.29, 1.82) is 0 Å². The third kappa shape index (κ3) is 4.75. The number of carbonyl (C=O) groups is 1. The van der Waals surface area contributed by atoms with Crippen molar-refractivity contribution in [2.75, 3.05) is 40.4 Å². The number of likely N-dealkylation sites (tertiary alicyclic amines) is 1. The van der Waals surface area contributed by atoms with Gasteiger partial charge in [0.15, 0.2) is 0 Å². The lowest BCUT2D eigenvalue weighted by Gasteiger charge is -2.35. The van der Waals surface area contributed by atoms with E-state index in [9.17, 15) is 4.79 Å². The van der Waals surface area contributed by atoms with Gasteiger partial charge in [-0.15, -0.1) is 0 Å². The Morgan fingerprint density at radius 3 is 2.78 bits per heavy atom. The van der Waals surface area contributed by atoms with E-state index in [0.717, 1.165) is 51.1 Å². The number of ether oxygens (including phenoxy) is 1. The first-order valence-corrected chi connectivity index (χ1v) is 8.55. The van der Waals surface area contributed by atoms with Crippen LogP contribution < -0.4 is 0 Å². The normalized spacial score (nSPS) is 17.9. The Hall–Kier alpha value is -1.46. The molecule has 1 aromatic heterocycles. The minimum atomic E-state index is 0.114. The number of nitrogens with zero attached hydrogens (tertiary/aromatic N) is 3. The molecule has 1 atom stereocenters. The highest BCUT2D eigenvalue weighted by Crippen LogP contribution is 2.27. The van der Waals surface area contributed by atoms with Crippen LogP contribution in [-0.4, -0.2) is 61.1 Å². The van der Waals surface area contributed by atoms with E-state index in [1.54, 1.807) is 13.3 Å². The van der Waals surface area contributed by atoms with E-state index in [1.807, 2.05) is 24.2 Å². The molecule has 0 radical (unpaired) electrons. The van der Waals surface area contributed by atoms with Crippen LogP contribution in [0, 0.1) is 5.92 Å². The zero-order chi connectivity index (χ0) is 16.7. The lowest BCUT2D eigenvalue weighted by Crippen LogP contribution is -2.43. The molecule has 0 spiro atoms. The molecule has 0 aliphatic carbocycles. The summed E-state index contributed by atoms with van der Waals surface area (Å²) in [6.07, 6.45) is 6.42. The Bertz CT molecular complexity index is 472. The fraction of sp³-hybridized carbons (Fsp3) is 0.667. The largest absolute Gasteiger partial charge is 0.383 e. The van der Waals surface area contributed by atoms with Gasteiger partial charge in [0.2, 0.25) is 5.91 Å². The Morgan fingerprint density at radius 2 is 2.22 bits per heavy atom. The molecule has 0 unspecified atom stereocenters. The van der Waals surface area contributed by atoms with Crippen molar-refractivity contribution in [1.82, 2.24) is 14.8 Å².